The van der Waals surface area contributed by atoms with E-state index in [-0.39, 0.29) is 18.8 Å². The standard InChI is InChI=1S/C11H16NO7P/c1-3-18-11(20(16,17)19-4-2)8-5-6-10(13)9(7-8)12(14)15/h5-7,11,13H,3-4H2,1-2H3,(H,16,17). The van der Waals surface area contributed by atoms with Crippen molar-refractivity contribution in [3.8, 4) is 5.75 Å². The quantitative estimate of drug-likeness (QED) is 0.451. The zero-order chi connectivity index (χ0) is 15.3. The number of nitro groups is 1. The maximum absolute atomic E-state index is 12.0. The average Bonchev–Trinajstić information content (AvgIpc) is 2.36. The van der Waals surface area contributed by atoms with E-state index in [1.807, 2.05) is 0 Å². The van der Waals surface area contributed by atoms with Crippen molar-refractivity contribution >= 4 is 13.3 Å². The zero-order valence-corrected chi connectivity index (χ0v) is 11.9. The van der Waals surface area contributed by atoms with Gasteiger partial charge in [0.05, 0.1) is 11.5 Å². The summed E-state index contributed by atoms with van der Waals surface area (Å²) in [6, 6.07) is 3.35. The number of hydrogen-bond donors (Lipinski definition) is 2. The molecule has 0 aliphatic carbocycles. The van der Waals surface area contributed by atoms with E-state index in [4.69, 9.17) is 9.26 Å². The summed E-state index contributed by atoms with van der Waals surface area (Å²) in [7, 11) is -4.13. The normalized spacial score (nSPS) is 15.6. The first-order valence-corrected chi connectivity index (χ1v) is 7.54. The molecule has 0 saturated carbocycles. The van der Waals surface area contributed by atoms with Gasteiger partial charge in [-0.15, -0.1) is 0 Å². The minimum absolute atomic E-state index is 0.00245. The fourth-order valence-electron chi connectivity index (χ4n) is 1.63. The molecule has 0 amide bonds. The van der Waals surface area contributed by atoms with Crippen molar-refractivity contribution in [1.82, 2.24) is 0 Å². The van der Waals surface area contributed by atoms with Gasteiger partial charge < -0.3 is 19.3 Å². The molecule has 0 radical (unpaired) electrons. The van der Waals surface area contributed by atoms with Crippen molar-refractivity contribution in [2.75, 3.05) is 13.2 Å². The van der Waals surface area contributed by atoms with Gasteiger partial charge in [0.2, 0.25) is 0 Å². The predicted molar refractivity (Wildman–Crippen MR) is 70.6 cm³/mol. The molecule has 1 aromatic carbocycles. The van der Waals surface area contributed by atoms with E-state index in [0.29, 0.717) is 0 Å². The molecular weight excluding hydrogens is 289 g/mol. The number of hydrogen-bond acceptors (Lipinski definition) is 6. The van der Waals surface area contributed by atoms with Crippen LogP contribution in [0.5, 0.6) is 5.75 Å². The van der Waals surface area contributed by atoms with Crippen LogP contribution in [0.2, 0.25) is 0 Å². The van der Waals surface area contributed by atoms with E-state index in [2.05, 4.69) is 0 Å². The molecule has 2 N–H and O–H groups in total. The van der Waals surface area contributed by atoms with Crippen LogP contribution in [-0.2, 0) is 13.8 Å². The topological polar surface area (TPSA) is 119 Å². The second kappa shape index (κ2) is 6.81. The third-order valence-corrected chi connectivity index (χ3v) is 4.08. The van der Waals surface area contributed by atoms with Crippen LogP contribution in [0.4, 0.5) is 5.69 Å². The lowest BCUT2D eigenvalue weighted by Gasteiger charge is -2.22. The van der Waals surface area contributed by atoms with E-state index in [1.54, 1.807) is 13.8 Å². The number of phenols is 1. The number of nitrogens with zero attached hydrogens (tertiary/aromatic N) is 1. The van der Waals surface area contributed by atoms with Crippen LogP contribution in [0.25, 0.3) is 0 Å². The van der Waals surface area contributed by atoms with Crippen LogP contribution in [0.15, 0.2) is 18.2 Å². The molecule has 0 heterocycles. The van der Waals surface area contributed by atoms with Gasteiger partial charge in [-0.1, -0.05) is 6.07 Å². The molecule has 0 aliphatic rings. The number of aromatic hydroxyl groups is 1. The number of benzene rings is 1. The number of rotatable bonds is 7. The Kier molecular flexibility index (Phi) is 5.64. The molecule has 1 aromatic rings. The molecular formula is C11H16NO7P. The predicted octanol–water partition coefficient (Wildman–Crippen LogP) is 2.56. The highest BCUT2D eigenvalue weighted by atomic mass is 31.2. The van der Waals surface area contributed by atoms with Gasteiger partial charge >= 0.3 is 13.3 Å². The molecule has 0 aromatic heterocycles. The summed E-state index contributed by atoms with van der Waals surface area (Å²) in [5, 5.41) is 20.1. The molecule has 2 unspecified atom stereocenters. The van der Waals surface area contributed by atoms with Gasteiger partial charge in [-0.3, -0.25) is 14.7 Å². The minimum atomic E-state index is -4.13. The summed E-state index contributed by atoms with van der Waals surface area (Å²) < 4.78 is 22.0. The van der Waals surface area contributed by atoms with Gasteiger partial charge in [-0.25, -0.2) is 0 Å². The van der Waals surface area contributed by atoms with Crippen molar-refractivity contribution in [2.45, 2.75) is 19.7 Å². The Hall–Kier alpha value is -1.47. The van der Waals surface area contributed by atoms with E-state index in [9.17, 15) is 24.7 Å². The largest absolute Gasteiger partial charge is 0.502 e. The lowest BCUT2D eigenvalue weighted by Crippen LogP contribution is -2.08. The number of nitro benzene ring substituents is 1. The molecule has 9 heteroatoms. The first-order valence-electron chi connectivity index (χ1n) is 5.89. The summed E-state index contributed by atoms with van der Waals surface area (Å²) in [6.45, 7) is 3.29. The first kappa shape index (κ1) is 16.6. The molecule has 0 aliphatic heterocycles. The molecule has 0 fully saturated rings. The van der Waals surface area contributed by atoms with Crippen molar-refractivity contribution in [3.05, 3.63) is 33.9 Å². The molecule has 20 heavy (non-hydrogen) atoms. The number of ether oxygens (including phenoxy) is 1. The highest BCUT2D eigenvalue weighted by Crippen LogP contribution is 2.57. The van der Waals surface area contributed by atoms with Gasteiger partial charge in [0.1, 0.15) is 0 Å². The lowest BCUT2D eigenvalue weighted by molar-refractivity contribution is -0.386. The fourth-order valence-corrected chi connectivity index (χ4v) is 3.01. The Morgan fingerprint density at radius 3 is 2.55 bits per heavy atom. The highest BCUT2D eigenvalue weighted by Gasteiger charge is 2.35. The maximum atomic E-state index is 12.0. The van der Waals surface area contributed by atoms with Gasteiger partial charge in [-0.2, -0.15) is 0 Å². The van der Waals surface area contributed by atoms with E-state index >= 15 is 0 Å². The summed E-state index contributed by atoms with van der Waals surface area (Å²) in [5.41, 5.74) is -0.473. The van der Waals surface area contributed by atoms with Gasteiger partial charge in [0.25, 0.3) is 0 Å². The van der Waals surface area contributed by atoms with Gasteiger partial charge in [0, 0.05) is 12.7 Å². The Balaban J connectivity index is 3.25. The second-order valence-corrected chi connectivity index (χ2v) is 5.65. The highest BCUT2D eigenvalue weighted by molar-refractivity contribution is 7.53. The Morgan fingerprint density at radius 2 is 2.05 bits per heavy atom. The maximum Gasteiger partial charge on any atom is 0.361 e. The van der Waals surface area contributed by atoms with Crippen LogP contribution in [0.3, 0.4) is 0 Å². The Bertz CT molecular complexity index is 534. The van der Waals surface area contributed by atoms with Gasteiger partial charge in [0.15, 0.2) is 11.6 Å². The summed E-state index contributed by atoms with van der Waals surface area (Å²) in [4.78, 5) is 19.8. The molecule has 8 nitrogen and oxygen atoms in total. The van der Waals surface area contributed by atoms with Crippen LogP contribution in [-0.4, -0.2) is 28.1 Å². The smallest absolute Gasteiger partial charge is 0.361 e. The minimum Gasteiger partial charge on any atom is -0.502 e. The van der Waals surface area contributed by atoms with Crippen LogP contribution < -0.4 is 0 Å². The third-order valence-electron chi connectivity index (χ3n) is 2.42. The van der Waals surface area contributed by atoms with E-state index in [1.165, 1.54) is 6.07 Å². The SMILES string of the molecule is CCOC(c1ccc(O)c([N+](=O)[O-])c1)P(=O)(O)OCC. The van der Waals surface area contributed by atoms with Crippen molar-refractivity contribution in [1.29, 1.82) is 0 Å². The summed E-state index contributed by atoms with van der Waals surface area (Å²) in [6.07, 6.45) is 0. The zero-order valence-electron chi connectivity index (χ0n) is 11.1. The van der Waals surface area contributed by atoms with E-state index in [0.717, 1.165) is 12.1 Å². The Labute approximate surface area is 115 Å². The molecule has 1 rings (SSSR count). The lowest BCUT2D eigenvalue weighted by atomic mass is 10.2. The van der Waals surface area contributed by atoms with Crippen LogP contribution in [0, 0.1) is 10.1 Å². The summed E-state index contributed by atoms with van der Waals surface area (Å²) >= 11 is 0. The molecule has 0 spiro atoms. The van der Waals surface area contributed by atoms with Crippen molar-refractivity contribution in [2.24, 2.45) is 0 Å². The molecule has 112 valence electrons. The molecule has 0 bridgehead atoms. The van der Waals surface area contributed by atoms with Crippen LogP contribution >= 0.6 is 7.60 Å². The average molecular weight is 305 g/mol. The molecule has 2 atom stereocenters. The monoisotopic (exact) mass is 305 g/mol. The van der Waals surface area contributed by atoms with Crippen LogP contribution in [0.1, 0.15) is 25.3 Å². The second-order valence-electron chi connectivity index (χ2n) is 3.79. The molecule has 0 saturated heterocycles. The van der Waals surface area contributed by atoms with E-state index < -0.39 is 29.8 Å². The van der Waals surface area contributed by atoms with Crippen molar-refractivity contribution < 1.29 is 28.7 Å². The van der Waals surface area contributed by atoms with Gasteiger partial charge in [-0.05, 0) is 25.5 Å². The van der Waals surface area contributed by atoms with Crippen molar-refractivity contribution in [3.63, 3.8) is 0 Å². The summed E-state index contributed by atoms with van der Waals surface area (Å²) in [5.74, 6) is -1.87. The number of phenolic OH excluding ortho intramolecular Hbond substituents is 1. The third kappa shape index (κ3) is 3.77. The first-order chi connectivity index (χ1) is 9.33. The fraction of sp³-hybridized carbons (Fsp3) is 0.455. The Morgan fingerprint density at radius 1 is 1.40 bits per heavy atom.